The van der Waals surface area contributed by atoms with E-state index in [0.29, 0.717) is 31.3 Å². The fourth-order valence-electron chi connectivity index (χ4n) is 5.97. The lowest BCUT2D eigenvalue weighted by Crippen LogP contribution is -2.57. The molecule has 3 atom stereocenters. The van der Waals surface area contributed by atoms with Gasteiger partial charge in [0.05, 0.1) is 5.41 Å². The van der Waals surface area contributed by atoms with Gasteiger partial charge in [0.1, 0.15) is 6.10 Å². The van der Waals surface area contributed by atoms with Gasteiger partial charge in [-0.1, -0.05) is 6.08 Å². The molecule has 5 aliphatic rings. The molecule has 5 rings (SSSR count). The van der Waals surface area contributed by atoms with Gasteiger partial charge in [-0.15, -0.1) is 6.58 Å². The van der Waals surface area contributed by atoms with E-state index in [9.17, 15) is 14.7 Å². The molecule has 0 aromatic rings. The molecule has 2 unspecified atom stereocenters. The standard InChI is InChI=1S/C19H28N2O4/c1-2-4-20-15-3-5-21(11-15)18(24)25-16-13-6-12-7-14(16)10-19(8-12,9-13)17(22)23/h2,12-16,20H,1,3-11H2,(H,22,23)/t12?,13?,14?,15-,16?,19?/m1/s1. The van der Waals surface area contributed by atoms with Crippen molar-refractivity contribution in [2.75, 3.05) is 19.6 Å². The van der Waals surface area contributed by atoms with E-state index >= 15 is 0 Å². The summed E-state index contributed by atoms with van der Waals surface area (Å²) in [5.41, 5.74) is -0.549. The van der Waals surface area contributed by atoms with Gasteiger partial charge in [0.15, 0.2) is 0 Å². The molecule has 0 aromatic carbocycles. The van der Waals surface area contributed by atoms with Crippen LogP contribution in [0.15, 0.2) is 12.7 Å². The zero-order valence-electron chi connectivity index (χ0n) is 14.7. The molecule has 25 heavy (non-hydrogen) atoms. The average molecular weight is 348 g/mol. The lowest BCUT2D eigenvalue weighted by atomic mass is 9.48. The molecular formula is C19H28N2O4. The topological polar surface area (TPSA) is 78.9 Å². The van der Waals surface area contributed by atoms with Gasteiger partial charge < -0.3 is 20.1 Å². The fraction of sp³-hybridized carbons (Fsp3) is 0.789. The predicted molar refractivity (Wildman–Crippen MR) is 92.1 cm³/mol. The van der Waals surface area contributed by atoms with Crippen molar-refractivity contribution >= 4 is 12.1 Å². The van der Waals surface area contributed by atoms with Crippen LogP contribution in [0.1, 0.15) is 38.5 Å². The lowest BCUT2D eigenvalue weighted by Gasteiger charge is -2.57. The Labute approximate surface area is 148 Å². The monoisotopic (exact) mass is 348 g/mol. The number of nitrogens with one attached hydrogen (secondary N) is 1. The maximum absolute atomic E-state index is 12.6. The van der Waals surface area contributed by atoms with Crippen LogP contribution >= 0.6 is 0 Å². The van der Waals surface area contributed by atoms with E-state index in [1.807, 2.05) is 6.08 Å². The lowest BCUT2D eigenvalue weighted by molar-refractivity contribution is -0.179. The molecule has 1 amide bonds. The zero-order chi connectivity index (χ0) is 17.6. The van der Waals surface area contributed by atoms with E-state index in [0.717, 1.165) is 38.8 Å². The first-order valence-electron chi connectivity index (χ1n) is 9.54. The minimum Gasteiger partial charge on any atom is -0.481 e. The zero-order valence-corrected chi connectivity index (χ0v) is 14.7. The molecule has 138 valence electrons. The van der Waals surface area contributed by atoms with Crippen LogP contribution in [0.2, 0.25) is 0 Å². The number of aliphatic carboxylic acids is 1. The summed E-state index contributed by atoms with van der Waals surface area (Å²) >= 11 is 0. The molecule has 2 N–H and O–H groups in total. The second kappa shape index (κ2) is 6.31. The summed E-state index contributed by atoms with van der Waals surface area (Å²) in [6.07, 6.45) is 6.67. The van der Waals surface area contributed by atoms with Crippen LogP contribution in [0.25, 0.3) is 0 Å². The normalized spacial score (nSPS) is 41.8. The number of amides is 1. The molecule has 4 bridgehead atoms. The van der Waals surface area contributed by atoms with E-state index in [-0.39, 0.29) is 24.0 Å². The molecular weight excluding hydrogens is 320 g/mol. The van der Waals surface area contributed by atoms with Crippen LogP contribution in [-0.2, 0) is 9.53 Å². The average Bonchev–Trinajstić information content (AvgIpc) is 3.04. The van der Waals surface area contributed by atoms with Gasteiger partial charge in [0.25, 0.3) is 0 Å². The van der Waals surface area contributed by atoms with Gasteiger partial charge in [-0.3, -0.25) is 4.79 Å². The fourth-order valence-corrected chi connectivity index (χ4v) is 5.97. The summed E-state index contributed by atoms with van der Waals surface area (Å²) in [5, 5.41) is 13.0. The third-order valence-electron chi connectivity index (χ3n) is 6.87. The van der Waals surface area contributed by atoms with Crippen LogP contribution in [0, 0.1) is 23.2 Å². The summed E-state index contributed by atoms with van der Waals surface area (Å²) in [4.78, 5) is 26.2. The molecule has 0 aromatic heterocycles. The molecule has 4 saturated carbocycles. The highest BCUT2D eigenvalue weighted by atomic mass is 16.6. The van der Waals surface area contributed by atoms with Crippen LogP contribution in [0.4, 0.5) is 4.79 Å². The maximum Gasteiger partial charge on any atom is 0.410 e. The van der Waals surface area contributed by atoms with Crippen LogP contribution < -0.4 is 5.32 Å². The smallest absolute Gasteiger partial charge is 0.410 e. The van der Waals surface area contributed by atoms with E-state index in [1.165, 1.54) is 0 Å². The molecule has 4 aliphatic carbocycles. The van der Waals surface area contributed by atoms with E-state index in [2.05, 4.69) is 11.9 Å². The molecule has 6 heteroatoms. The summed E-state index contributed by atoms with van der Waals surface area (Å²) in [5.74, 6) is 0.308. The Hall–Kier alpha value is -1.56. The highest BCUT2D eigenvalue weighted by Gasteiger charge is 2.60. The van der Waals surface area contributed by atoms with Gasteiger partial charge in [-0.05, 0) is 56.3 Å². The van der Waals surface area contributed by atoms with Gasteiger partial charge in [0.2, 0.25) is 0 Å². The van der Waals surface area contributed by atoms with Crippen molar-refractivity contribution < 1.29 is 19.4 Å². The van der Waals surface area contributed by atoms with E-state index in [4.69, 9.17) is 4.74 Å². The molecule has 0 radical (unpaired) electrons. The summed E-state index contributed by atoms with van der Waals surface area (Å²) in [7, 11) is 0. The number of carboxylic acid groups (broad SMARTS) is 1. The number of carbonyl (C=O) groups excluding carboxylic acids is 1. The number of hydrogen-bond acceptors (Lipinski definition) is 4. The van der Waals surface area contributed by atoms with Crippen molar-refractivity contribution in [2.45, 2.75) is 50.7 Å². The number of hydrogen-bond donors (Lipinski definition) is 2. The third kappa shape index (κ3) is 2.94. The second-order valence-corrected chi connectivity index (χ2v) is 8.53. The van der Waals surface area contributed by atoms with Gasteiger partial charge in [-0.25, -0.2) is 4.79 Å². The van der Waals surface area contributed by atoms with Crippen molar-refractivity contribution in [1.29, 1.82) is 0 Å². The highest BCUT2D eigenvalue weighted by molar-refractivity contribution is 5.75. The number of likely N-dealkylation sites (tertiary alicyclic amines) is 1. The van der Waals surface area contributed by atoms with Gasteiger partial charge in [0, 0.05) is 25.7 Å². The second-order valence-electron chi connectivity index (χ2n) is 8.53. The first-order valence-corrected chi connectivity index (χ1v) is 9.54. The molecule has 1 heterocycles. The Morgan fingerprint density at radius 1 is 1.28 bits per heavy atom. The van der Waals surface area contributed by atoms with Gasteiger partial charge in [-0.2, -0.15) is 0 Å². The predicted octanol–water partition coefficient (Wildman–Crippen LogP) is 2.25. The molecule has 5 fully saturated rings. The largest absolute Gasteiger partial charge is 0.481 e. The summed E-state index contributed by atoms with van der Waals surface area (Å²) < 4.78 is 5.93. The maximum atomic E-state index is 12.6. The Kier molecular flexibility index (Phi) is 4.26. The number of rotatable bonds is 5. The Balaban J connectivity index is 1.37. The van der Waals surface area contributed by atoms with Crippen LogP contribution in [0.3, 0.4) is 0 Å². The van der Waals surface area contributed by atoms with Crippen LogP contribution in [0.5, 0.6) is 0 Å². The number of nitrogens with zero attached hydrogens (tertiary/aromatic N) is 1. The van der Waals surface area contributed by atoms with Crippen molar-refractivity contribution in [3.8, 4) is 0 Å². The Bertz CT molecular complexity index is 562. The highest BCUT2D eigenvalue weighted by Crippen LogP contribution is 2.60. The minimum atomic E-state index is -0.646. The first kappa shape index (κ1) is 16.9. The van der Waals surface area contributed by atoms with E-state index < -0.39 is 11.4 Å². The first-order chi connectivity index (χ1) is 12.0. The summed E-state index contributed by atoms with van der Waals surface area (Å²) in [6, 6.07) is 0.305. The quantitative estimate of drug-likeness (QED) is 0.745. The molecule has 6 nitrogen and oxygen atoms in total. The van der Waals surface area contributed by atoms with Crippen molar-refractivity contribution in [2.24, 2.45) is 23.2 Å². The Morgan fingerprint density at radius 3 is 2.64 bits per heavy atom. The van der Waals surface area contributed by atoms with Gasteiger partial charge >= 0.3 is 12.1 Å². The number of carboxylic acids is 1. The number of carbonyl (C=O) groups is 2. The van der Waals surface area contributed by atoms with Crippen LogP contribution in [-0.4, -0.2) is 53.8 Å². The molecule has 0 spiro atoms. The number of ether oxygens (including phenoxy) is 1. The SMILES string of the molecule is C=CCN[C@@H]1CCN(C(=O)OC2C3CC4CC2CC(C(=O)O)(C4)C3)C1. The Morgan fingerprint density at radius 2 is 2.00 bits per heavy atom. The van der Waals surface area contributed by atoms with Crippen molar-refractivity contribution in [3.05, 3.63) is 12.7 Å². The van der Waals surface area contributed by atoms with Crippen molar-refractivity contribution in [3.63, 3.8) is 0 Å². The minimum absolute atomic E-state index is 0.0864. The molecule has 1 aliphatic heterocycles. The summed E-state index contributed by atoms with van der Waals surface area (Å²) in [6.45, 7) is 5.85. The molecule has 1 saturated heterocycles. The van der Waals surface area contributed by atoms with Crippen molar-refractivity contribution in [1.82, 2.24) is 10.2 Å². The third-order valence-corrected chi connectivity index (χ3v) is 6.87. The van der Waals surface area contributed by atoms with E-state index in [1.54, 1.807) is 4.90 Å².